The molecular weight excluding hydrogens is 286 g/mol. The number of hydrogen-bond acceptors (Lipinski definition) is 6. The summed E-state index contributed by atoms with van der Waals surface area (Å²) in [6, 6.07) is 1.53. The first-order valence-corrected chi connectivity index (χ1v) is 6.18. The van der Waals surface area contributed by atoms with Crippen LogP contribution in [0.4, 0.5) is 14.5 Å². The summed E-state index contributed by atoms with van der Waals surface area (Å²) in [5, 5.41) is 14.2. The van der Waals surface area contributed by atoms with Crippen LogP contribution < -0.4 is 5.73 Å². The Labute approximate surface area is 116 Å². The van der Waals surface area contributed by atoms with Crippen LogP contribution in [0.25, 0.3) is 11.4 Å². The Morgan fingerprint density at radius 1 is 1.38 bits per heavy atom. The topological polar surface area (TPSA) is 108 Å². The van der Waals surface area contributed by atoms with Gasteiger partial charge >= 0.3 is 5.69 Å². The fourth-order valence-electron chi connectivity index (χ4n) is 2.19. The first-order valence-electron chi connectivity index (χ1n) is 6.18. The van der Waals surface area contributed by atoms with Crippen molar-refractivity contribution < 1.29 is 18.2 Å². The van der Waals surface area contributed by atoms with Crippen LogP contribution in [0.1, 0.15) is 25.2 Å². The first-order chi connectivity index (χ1) is 9.92. The Morgan fingerprint density at radius 2 is 2.10 bits per heavy atom. The largest absolute Gasteiger partial charge is 0.337 e. The van der Waals surface area contributed by atoms with Gasteiger partial charge in [0.05, 0.1) is 10.5 Å². The highest BCUT2D eigenvalue weighted by Crippen LogP contribution is 2.39. The van der Waals surface area contributed by atoms with E-state index in [1.807, 2.05) is 0 Å². The third-order valence-electron chi connectivity index (χ3n) is 3.59. The van der Waals surface area contributed by atoms with Gasteiger partial charge in [0.2, 0.25) is 17.5 Å². The van der Waals surface area contributed by atoms with Crippen LogP contribution in [0.15, 0.2) is 16.7 Å². The average Bonchev–Trinajstić information content (AvgIpc) is 2.85. The smallest absolute Gasteiger partial charge is 0.305 e. The van der Waals surface area contributed by atoms with Crippen LogP contribution >= 0.6 is 0 Å². The van der Waals surface area contributed by atoms with Gasteiger partial charge in [0.25, 0.3) is 0 Å². The second-order valence-corrected chi connectivity index (χ2v) is 4.95. The highest BCUT2D eigenvalue weighted by atomic mass is 19.1. The summed E-state index contributed by atoms with van der Waals surface area (Å²) in [6.07, 6.45) is 2.16. The molecule has 0 saturated heterocycles. The lowest BCUT2D eigenvalue weighted by Crippen LogP contribution is -2.43. The van der Waals surface area contributed by atoms with Crippen LogP contribution in [-0.2, 0) is 5.54 Å². The molecule has 0 atom stereocenters. The van der Waals surface area contributed by atoms with Crippen molar-refractivity contribution in [2.24, 2.45) is 5.73 Å². The van der Waals surface area contributed by atoms with Gasteiger partial charge in [-0.3, -0.25) is 10.1 Å². The maximum atomic E-state index is 14.0. The third kappa shape index (κ3) is 2.05. The molecule has 2 N–H and O–H groups in total. The Hall–Kier alpha value is -2.42. The molecule has 0 unspecified atom stereocenters. The molecule has 1 aromatic heterocycles. The van der Waals surface area contributed by atoms with Crippen LogP contribution in [0.5, 0.6) is 0 Å². The van der Waals surface area contributed by atoms with E-state index in [-0.39, 0.29) is 11.7 Å². The van der Waals surface area contributed by atoms with Crippen molar-refractivity contribution in [1.29, 1.82) is 0 Å². The molecule has 0 bridgehead atoms. The lowest BCUT2D eigenvalue weighted by molar-refractivity contribution is -0.387. The Kier molecular flexibility index (Phi) is 2.94. The summed E-state index contributed by atoms with van der Waals surface area (Å²) in [6.45, 7) is 0. The molecule has 21 heavy (non-hydrogen) atoms. The van der Waals surface area contributed by atoms with Gasteiger partial charge < -0.3 is 10.3 Å². The monoisotopic (exact) mass is 296 g/mol. The Balaban J connectivity index is 2.08. The molecule has 1 heterocycles. The molecule has 7 nitrogen and oxygen atoms in total. The maximum Gasteiger partial charge on any atom is 0.305 e. The summed E-state index contributed by atoms with van der Waals surface area (Å²) in [7, 11) is 0. The molecule has 0 aliphatic heterocycles. The quantitative estimate of drug-likeness (QED) is 0.687. The van der Waals surface area contributed by atoms with Crippen molar-refractivity contribution in [1.82, 2.24) is 10.1 Å². The van der Waals surface area contributed by atoms with Crippen molar-refractivity contribution >= 4 is 5.69 Å². The van der Waals surface area contributed by atoms with Crippen molar-refractivity contribution in [2.75, 3.05) is 0 Å². The predicted octanol–water partition coefficient (Wildman–Crippen LogP) is 2.26. The Morgan fingerprint density at radius 3 is 2.67 bits per heavy atom. The predicted molar refractivity (Wildman–Crippen MR) is 66.0 cm³/mol. The molecule has 1 saturated carbocycles. The summed E-state index contributed by atoms with van der Waals surface area (Å²) >= 11 is 0. The molecule has 3 rings (SSSR count). The van der Waals surface area contributed by atoms with Gasteiger partial charge in [-0.15, -0.1) is 0 Å². The lowest BCUT2D eigenvalue weighted by Gasteiger charge is -2.33. The molecular formula is C12H10F2N4O3. The van der Waals surface area contributed by atoms with Crippen molar-refractivity contribution in [2.45, 2.75) is 24.8 Å². The number of benzene rings is 1. The molecule has 1 fully saturated rings. The SMILES string of the molecule is NC1(c2nc(-c3c(F)ccc([N+](=O)[O-])c3F)no2)CCC1. The zero-order chi connectivity index (χ0) is 15.2. The summed E-state index contributed by atoms with van der Waals surface area (Å²) in [4.78, 5) is 13.6. The molecule has 110 valence electrons. The number of rotatable bonds is 3. The number of nitrogens with zero attached hydrogens (tertiary/aromatic N) is 3. The maximum absolute atomic E-state index is 14.0. The third-order valence-corrected chi connectivity index (χ3v) is 3.59. The van der Waals surface area contributed by atoms with E-state index in [4.69, 9.17) is 10.3 Å². The van der Waals surface area contributed by atoms with Gasteiger partial charge in [-0.25, -0.2) is 4.39 Å². The molecule has 2 aromatic rings. The van der Waals surface area contributed by atoms with E-state index in [0.717, 1.165) is 18.6 Å². The van der Waals surface area contributed by atoms with E-state index < -0.39 is 33.3 Å². The van der Waals surface area contributed by atoms with Gasteiger partial charge in [-0.1, -0.05) is 5.16 Å². The van der Waals surface area contributed by atoms with E-state index in [0.29, 0.717) is 12.8 Å². The normalized spacial score (nSPS) is 16.5. The van der Waals surface area contributed by atoms with E-state index in [2.05, 4.69) is 10.1 Å². The fourth-order valence-corrected chi connectivity index (χ4v) is 2.19. The molecule has 1 aromatic carbocycles. The molecule has 1 aliphatic rings. The van der Waals surface area contributed by atoms with Crippen LogP contribution in [0, 0.1) is 21.7 Å². The Bertz CT molecular complexity index is 727. The summed E-state index contributed by atoms with van der Waals surface area (Å²) in [5.41, 5.74) is 3.65. The number of hydrogen-bond donors (Lipinski definition) is 1. The summed E-state index contributed by atoms with van der Waals surface area (Å²) in [5.74, 6) is -2.66. The van der Waals surface area contributed by atoms with E-state index in [9.17, 15) is 18.9 Å². The summed E-state index contributed by atoms with van der Waals surface area (Å²) < 4.78 is 32.7. The highest BCUT2D eigenvalue weighted by Gasteiger charge is 2.40. The minimum absolute atomic E-state index is 0.0778. The molecule has 0 radical (unpaired) electrons. The van der Waals surface area contributed by atoms with Gasteiger partial charge in [0, 0.05) is 6.07 Å². The van der Waals surface area contributed by atoms with E-state index in [1.165, 1.54) is 0 Å². The standard InChI is InChI=1S/C12H10F2N4O3/c13-6-2-3-7(18(19)20)9(14)8(6)10-16-11(21-17-10)12(15)4-1-5-12/h2-3H,1,4-5,15H2. The second kappa shape index (κ2) is 4.55. The van der Waals surface area contributed by atoms with E-state index >= 15 is 0 Å². The zero-order valence-electron chi connectivity index (χ0n) is 10.7. The lowest BCUT2D eigenvalue weighted by atomic mass is 9.78. The van der Waals surface area contributed by atoms with Crippen molar-refractivity contribution in [3.63, 3.8) is 0 Å². The number of nitrogens with two attached hydrogens (primary N) is 1. The fraction of sp³-hybridized carbons (Fsp3) is 0.333. The zero-order valence-corrected chi connectivity index (χ0v) is 10.7. The van der Waals surface area contributed by atoms with E-state index in [1.54, 1.807) is 0 Å². The molecule has 0 spiro atoms. The minimum Gasteiger partial charge on any atom is -0.337 e. The van der Waals surface area contributed by atoms with Crippen molar-refractivity contribution in [3.05, 3.63) is 39.8 Å². The highest BCUT2D eigenvalue weighted by molar-refractivity contribution is 5.61. The van der Waals surface area contributed by atoms with Crippen LogP contribution in [0.2, 0.25) is 0 Å². The van der Waals surface area contributed by atoms with Gasteiger partial charge in [-0.2, -0.15) is 9.37 Å². The molecule has 9 heteroatoms. The first kappa shape index (κ1) is 13.6. The van der Waals surface area contributed by atoms with Gasteiger partial charge in [0.1, 0.15) is 11.4 Å². The molecule has 1 aliphatic carbocycles. The van der Waals surface area contributed by atoms with Gasteiger partial charge in [-0.05, 0) is 25.3 Å². The average molecular weight is 296 g/mol. The second-order valence-electron chi connectivity index (χ2n) is 4.95. The number of nitro benzene ring substituents is 1. The minimum atomic E-state index is -1.34. The number of halogens is 2. The molecule has 0 amide bonds. The van der Waals surface area contributed by atoms with Crippen molar-refractivity contribution in [3.8, 4) is 11.4 Å². The number of aromatic nitrogens is 2. The van der Waals surface area contributed by atoms with Gasteiger partial charge in [0.15, 0.2) is 0 Å². The van der Waals surface area contributed by atoms with Crippen LogP contribution in [0.3, 0.4) is 0 Å². The number of nitro groups is 1. The van der Waals surface area contributed by atoms with Crippen LogP contribution in [-0.4, -0.2) is 15.1 Å².